The molecule has 0 fully saturated rings. The van der Waals surface area contributed by atoms with Crippen molar-refractivity contribution in [1.29, 1.82) is 0 Å². The Bertz CT molecular complexity index is 771. The van der Waals surface area contributed by atoms with Gasteiger partial charge < -0.3 is 5.32 Å². The van der Waals surface area contributed by atoms with Crippen molar-refractivity contribution in [3.63, 3.8) is 0 Å². The van der Waals surface area contributed by atoms with Crippen molar-refractivity contribution in [3.05, 3.63) is 72.8 Å². The van der Waals surface area contributed by atoms with Crippen molar-refractivity contribution in [2.45, 2.75) is 4.90 Å². The van der Waals surface area contributed by atoms with Crippen LogP contribution in [0.25, 0.3) is 0 Å². The van der Waals surface area contributed by atoms with Crippen LogP contribution in [-0.2, 0) is 10.0 Å². The van der Waals surface area contributed by atoms with Gasteiger partial charge in [0, 0.05) is 17.8 Å². The highest BCUT2D eigenvalue weighted by Crippen LogP contribution is 2.13. The highest BCUT2D eigenvalue weighted by Gasteiger charge is 2.15. The maximum absolute atomic E-state index is 12.2. The number of anilines is 1. The molecule has 0 saturated heterocycles. The monoisotopic (exact) mass is 316 g/mol. The van der Waals surface area contributed by atoms with Crippen molar-refractivity contribution < 1.29 is 13.2 Å². The quantitative estimate of drug-likeness (QED) is 0.804. The zero-order valence-corrected chi connectivity index (χ0v) is 12.6. The molecule has 0 spiro atoms. The summed E-state index contributed by atoms with van der Waals surface area (Å²) in [6, 6.07) is 14.8. The Morgan fingerprint density at radius 3 is 2.50 bits per heavy atom. The summed E-state index contributed by atoms with van der Waals surface area (Å²) in [4.78, 5) is 12.2. The van der Waals surface area contributed by atoms with Gasteiger partial charge >= 0.3 is 0 Å². The minimum atomic E-state index is -3.65. The van der Waals surface area contributed by atoms with Crippen LogP contribution >= 0.6 is 0 Å². The molecule has 2 rings (SSSR count). The Hall–Kier alpha value is -2.44. The van der Waals surface area contributed by atoms with Gasteiger partial charge in [-0.15, -0.1) is 6.58 Å². The molecule has 0 aliphatic carbocycles. The smallest absolute Gasteiger partial charge is 0.255 e. The van der Waals surface area contributed by atoms with Gasteiger partial charge in [-0.25, -0.2) is 13.1 Å². The number of sulfonamides is 1. The van der Waals surface area contributed by atoms with Gasteiger partial charge in [0.15, 0.2) is 0 Å². The normalized spacial score (nSPS) is 10.9. The Labute approximate surface area is 129 Å². The van der Waals surface area contributed by atoms with E-state index < -0.39 is 10.0 Å². The molecule has 0 bridgehead atoms. The van der Waals surface area contributed by atoms with Crippen LogP contribution in [0.3, 0.4) is 0 Å². The second kappa shape index (κ2) is 7.02. The zero-order valence-electron chi connectivity index (χ0n) is 11.8. The van der Waals surface area contributed by atoms with Gasteiger partial charge in [-0.2, -0.15) is 0 Å². The van der Waals surface area contributed by atoms with Crippen LogP contribution in [0, 0.1) is 0 Å². The fourth-order valence-corrected chi connectivity index (χ4v) is 2.82. The first-order chi connectivity index (χ1) is 10.5. The Morgan fingerprint density at radius 1 is 1.09 bits per heavy atom. The lowest BCUT2D eigenvalue weighted by Crippen LogP contribution is -2.24. The molecule has 114 valence electrons. The molecule has 6 heteroatoms. The molecule has 0 saturated carbocycles. The van der Waals surface area contributed by atoms with E-state index in [2.05, 4.69) is 16.6 Å². The van der Waals surface area contributed by atoms with Gasteiger partial charge in [0.1, 0.15) is 0 Å². The maximum Gasteiger partial charge on any atom is 0.255 e. The number of hydrogen-bond donors (Lipinski definition) is 2. The van der Waals surface area contributed by atoms with Gasteiger partial charge in [0.25, 0.3) is 5.91 Å². The number of carbonyl (C=O) groups excluding carboxylic acids is 1. The molecular formula is C16H16N2O3S. The molecule has 0 atom stereocenters. The lowest BCUT2D eigenvalue weighted by Gasteiger charge is -2.08. The molecule has 2 aromatic rings. The van der Waals surface area contributed by atoms with Gasteiger partial charge in [-0.05, 0) is 30.3 Å². The third-order valence-corrected chi connectivity index (χ3v) is 4.28. The number of carbonyl (C=O) groups is 1. The molecule has 0 aliphatic rings. The highest BCUT2D eigenvalue weighted by molar-refractivity contribution is 7.89. The largest absolute Gasteiger partial charge is 0.322 e. The van der Waals surface area contributed by atoms with Crippen LogP contribution in [0.15, 0.2) is 72.1 Å². The SMILES string of the molecule is C=CCNS(=O)(=O)c1cccc(C(=O)Nc2ccccc2)c1. The molecule has 1 amide bonds. The van der Waals surface area contributed by atoms with Crippen LogP contribution in [0.4, 0.5) is 5.69 Å². The number of hydrogen-bond acceptors (Lipinski definition) is 3. The summed E-state index contributed by atoms with van der Waals surface area (Å²) < 4.78 is 26.4. The van der Waals surface area contributed by atoms with Crippen molar-refractivity contribution in [3.8, 4) is 0 Å². The van der Waals surface area contributed by atoms with E-state index in [1.807, 2.05) is 6.07 Å². The minimum Gasteiger partial charge on any atom is -0.322 e. The van der Waals surface area contributed by atoms with E-state index in [0.717, 1.165) is 0 Å². The highest BCUT2D eigenvalue weighted by atomic mass is 32.2. The fourth-order valence-electron chi connectivity index (χ4n) is 1.78. The molecule has 0 unspecified atom stereocenters. The first-order valence-electron chi connectivity index (χ1n) is 6.60. The number of amides is 1. The standard InChI is InChI=1S/C16H16N2O3S/c1-2-11-17-22(20,21)15-10-6-7-13(12-15)16(19)18-14-8-4-3-5-9-14/h2-10,12,17H,1,11H2,(H,18,19). The third-order valence-electron chi connectivity index (χ3n) is 2.86. The molecule has 2 aromatic carbocycles. The van der Waals surface area contributed by atoms with Crippen LogP contribution < -0.4 is 10.0 Å². The summed E-state index contributed by atoms with van der Waals surface area (Å²) in [5, 5.41) is 2.71. The molecule has 5 nitrogen and oxygen atoms in total. The van der Waals surface area contributed by atoms with E-state index in [1.54, 1.807) is 30.3 Å². The summed E-state index contributed by atoms with van der Waals surface area (Å²) in [5.74, 6) is -0.369. The molecular weight excluding hydrogens is 300 g/mol. The molecule has 0 radical (unpaired) electrons. The Balaban J connectivity index is 2.21. The molecule has 0 aliphatic heterocycles. The lowest BCUT2D eigenvalue weighted by atomic mass is 10.2. The number of benzene rings is 2. The van der Waals surface area contributed by atoms with Crippen molar-refractivity contribution in [2.75, 3.05) is 11.9 Å². The number of rotatable bonds is 6. The van der Waals surface area contributed by atoms with E-state index in [1.165, 1.54) is 24.3 Å². The third kappa shape index (κ3) is 4.03. The van der Waals surface area contributed by atoms with Gasteiger partial charge in [-0.3, -0.25) is 4.79 Å². The van der Waals surface area contributed by atoms with E-state index in [4.69, 9.17) is 0 Å². The van der Waals surface area contributed by atoms with Crippen molar-refractivity contribution in [1.82, 2.24) is 4.72 Å². The van der Waals surface area contributed by atoms with E-state index in [-0.39, 0.29) is 22.9 Å². The first-order valence-corrected chi connectivity index (χ1v) is 8.08. The van der Waals surface area contributed by atoms with Gasteiger partial charge in [-0.1, -0.05) is 30.3 Å². The summed E-state index contributed by atoms with van der Waals surface area (Å²) in [6.45, 7) is 3.59. The van der Waals surface area contributed by atoms with Crippen molar-refractivity contribution in [2.24, 2.45) is 0 Å². The topological polar surface area (TPSA) is 75.3 Å². The second-order valence-corrected chi connectivity index (χ2v) is 6.26. The maximum atomic E-state index is 12.2. The average Bonchev–Trinajstić information content (AvgIpc) is 2.54. The summed E-state index contributed by atoms with van der Waals surface area (Å²) in [7, 11) is -3.65. The van der Waals surface area contributed by atoms with Crippen LogP contribution in [0.2, 0.25) is 0 Å². The van der Waals surface area contributed by atoms with E-state index in [0.29, 0.717) is 5.69 Å². The fraction of sp³-hybridized carbons (Fsp3) is 0.0625. The van der Waals surface area contributed by atoms with Crippen LogP contribution in [0.1, 0.15) is 10.4 Å². The number of nitrogens with one attached hydrogen (secondary N) is 2. The summed E-state index contributed by atoms with van der Waals surface area (Å²) in [5.41, 5.74) is 0.913. The second-order valence-electron chi connectivity index (χ2n) is 4.49. The van der Waals surface area contributed by atoms with Crippen LogP contribution in [0.5, 0.6) is 0 Å². The minimum absolute atomic E-state index is 0.0371. The lowest BCUT2D eigenvalue weighted by molar-refractivity contribution is 0.102. The van der Waals surface area contributed by atoms with Gasteiger partial charge in [0.05, 0.1) is 4.90 Å². The Kier molecular flexibility index (Phi) is 5.08. The van der Waals surface area contributed by atoms with Crippen molar-refractivity contribution >= 4 is 21.6 Å². The molecule has 2 N–H and O–H groups in total. The zero-order chi connectivity index (χ0) is 16.0. The average molecular weight is 316 g/mol. The summed E-state index contributed by atoms with van der Waals surface area (Å²) >= 11 is 0. The Morgan fingerprint density at radius 2 is 1.82 bits per heavy atom. The van der Waals surface area contributed by atoms with Crippen LogP contribution in [-0.4, -0.2) is 20.9 Å². The number of para-hydroxylation sites is 1. The predicted molar refractivity (Wildman–Crippen MR) is 86.2 cm³/mol. The van der Waals surface area contributed by atoms with E-state index >= 15 is 0 Å². The molecule has 22 heavy (non-hydrogen) atoms. The van der Waals surface area contributed by atoms with Gasteiger partial charge in [0.2, 0.25) is 10.0 Å². The predicted octanol–water partition coefficient (Wildman–Crippen LogP) is 2.40. The summed E-state index contributed by atoms with van der Waals surface area (Å²) in [6.07, 6.45) is 1.45. The van der Waals surface area contributed by atoms with E-state index in [9.17, 15) is 13.2 Å². The molecule has 0 heterocycles. The first kappa shape index (κ1) is 15.9. The molecule has 0 aromatic heterocycles.